The van der Waals surface area contributed by atoms with Crippen LogP contribution in [-0.4, -0.2) is 55.0 Å². The van der Waals surface area contributed by atoms with E-state index in [1.54, 1.807) is 11.9 Å². The zero-order valence-corrected chi connectivity index (χ0v) is 10.9. The minimum atomic E-state index is -0.587. The number of carbonyl (C=O) groups excluding carboxylic acids is 2. The Balaban J connectivity index is 3.60. The highest BCUT2D eigenvalue weighted by molar-refractivity contribution is 7.99. The zero-order chi connectivity index (χ0) is 12.6. The van der Waals surface area contributed by atoms with Gasteiger partial charge in [0.25, 0.3) is 0 Å². The molecule has 0 aliphatic carbocycles. The smallest absolute Gasteiger partial charge is 0.322 e. The van der Waals surface area contributed by atoms with Crippen LogP contribution in [0.4, 0.5) is 0 Å². The predicted molar refractivity (Wildman–Crippen MR) is 65.2 cm³/mol. The molecule has 16 heavy (non-hydrogen) atoms. The van der Waals surface area contributed by atoms with Crippen molar-refractivity contribution in [3.8, 4) is 0 Å². The van der Waals surface area contributed by atoms with Crippen LogP contribution in [0.5, 0.6) is 0 Å². The lowest BCUT2D eigenvalue weighted by Crippen LogP contribution is -2.32. The van der Waals surface area contributed by atoms with Crippen LogP contribution in [0.3, 0.4) is 0 Å². The van der Waals surface area contributed by atoms with E-state index in [1.165, 1.54) is 18.9 Å². The summed E-state index contributed by atoms with van der Waals surface area (Å²) >= 11 is 1.48. The van der Waals surface area contributed by atoms with Crippen LogP contribution >= 0.6 is 11.8 Å². The fourth-order valence-corrected chi connectivity index (χ4v) is 1.89. The standard InChI is InChI=1S/C10H20N2O3S/c1-4-12(2)9(13)7-16-6-5-8(11)10(14)15-3/h8H,4-7,11H2,1-3H3. The average Bonchev–Trinajstić information content (AvgIpc) is 2.31. The number of thioether (sulfide) groups is 1. The second-order valence-corrected chi connectivity index (χ2v) is 4.48. The van der Waals surface area contributed by atoms with Gasteiger partial charge in [0, 0.05) is 13.6 Å². The van der Waals surface area contributed by atoms with Crippen LogP contribution < -0.4 is 5.73 Å². The molecule has 1 amide bonds. The SMILES string of the molecule is CCN(C)C(=O)CSCCC(N)C(=O)OC. The summed E-state index contributed by atoms with van der Waals surface area (Å²) in [5, 5.41) is 0. The van der Waals surface area contributed by atoms with Gasteiger partial charge in [0.2, 0.25) is 5.91 Å². The molecule has 0 bridgehead atoms. The first-order valence-corrected chi connectivity index (χ1v) is 6.33. The van der Waals surface area contributed by atoms with Crippen molar-refractivity contribution in [2.45, 2.75) is 19.4 Å². The number of ether oxygens (including phenoxy) is 1. The van der Waals surface area contributed by atoms with Crippen LogP contribution in [-0.2, 0) is 14.3 Å². The fraction of sp³-hybridized carbons (Fsp3) is 0.800. The van der Waals surface area contributed by atoms with Crippen LogP contribution in [0, 0.1) is 0 Å². The van der Waals surface area contributed by atoms with Gasteiger partial charge >= 0.3 is 5.97 Å². The van der Waals surface area contributed by atoms with Gasteiger partial charge in [0.1, 0.15) is 6.04 Å². The third-order valence-corrected chi connectivity index (χ3v) is 3.18. The highest BCUT2D eigenvalue weighted by Crippen LogP contribution is 2.06. The molecule has 1 atom stereocenters. The molecule has 2 N–H and O–H groups in total. The maximum atomic E-state index is 11.4. The molecule has 0 aromatic heterocycles. The van der Waals surface area contributed by atoms with E-state index in [1.807, 2.05) is 6.92 Å². The van der Waals surface area contributed by atoms with Crippen molar-refractivity contribution in [1.82, 2.24) is 4.90 Å². The number of esters is 1. The fourth-order valence-electron chi connectivity index (χ4n) is 0.926. The summed E-state index contributed by atoms with van der Waals surface area (Å²) in [5.74, 6) is 0.800. The first-order valence-electron chi connectivity index (χ1n) is 5.18. The maximum Gasteiger partial charge on any atom is 0.322 e. The highest BCUT2D eigenvalue weighted by atomic mass is 32.2. The third-order valence-electron chi connectivity index (χ3n) is 2.20. The van der Waals surface area contributed by atoms with Crippen LogP contribution in [0.2, 0.25) is 0 Å². The Morgan fingerprint density at radius 3 is 2.62 bits per heavy atom. The summed E-state index contributed by atoms with van der Waals surface area (Å²) in [6.45, 7) is 2.64. The van der Waals surface area contributed by atoms with E-state index in [0.717, 1.165) is 0 Å². The molecule has 6 heteroatoms. The van der Waals surface area contributed by atoms with E-state index in [9.17, 15) is 9.59 Å². The minimum absolute atomic E-state index is 0.0964. The van der Waals surface area contributed by atoms with Crippen molar-refractivity contribution >= 4 is 23.6 Å². The Labute approximate surface area is 101 Å². The number of carbonyl (C=O) groups is 2. The summed E-state index contributed by atoms with van der Waals surface area (Å²) in [6.07, 6.45) is 0.528. The molecule has 0 fully saturated rings. The zero-order valence-electron chi connectivity index (χ0n) is 10.1. The van der Waals surface area contributed by atoms with Crippen molar-refractivity contribution in [2.24, 2.45) is 5.73 Å². The molecule has 94 valence electrons. The van der Waals surface area contributed by atoms with Gasteiger partial charge < -0.3 is 15.4 Å². The van der Waals surface area contributed by atoms with Crippen molar-refractivity contribution in [3.05, 3.63) is 0 Å². The molecule has 1 unspecified atom stereocenters. The molecular formula is C10H20N2O3S. The predicted octanol–water partition coefficient (Wildman–Crippen LogP) is 0.0883. The van der Waals surface area contributed by atoms with Gasteiger partial charge in [-0.1, -0.05) is 0 Å². The van der Waals surface area contributed by atoms with Gasteiger partial charge in [-0.3, -0.25) is 9.59 Å². The van der Waals surface area contributed by atoms with Crippen molar-refractivity contribution in [3.63, 3.8) is 0 Å². The minimum Gasteiger partial charge on any atom is -0.468 e. The molecule has 0 saturated carbocycles. The van der Waals surface area contributed by atoms with E-state index in [4.69, 9.17) is 5.73 Å². The van der Waals surface area contributed by atoms with E-state index < -0.39 is 12.0 Å². The quantitative estimate of drug-likeness (QED) is 0.510. The number of rotatable bonds is 7. The van der Waals surface area contributed by atoms with E-state index in [2.05, 4.69) is 4.74 Å². The van der Waals surface area contributed by atoms with Crippen LogP contribution in [0.25, 0.3) is 0 Å². The molecule has 0 aromatic carbocycles. The van der Waals surface area contributed by atoms with Gasteiger partial charge in [-0.15, -0.1) is 0 Å². The molecule has 0 aliphatic rings. The Kier molecular flexibility index (Phi) is 8.01. The number of methoxy groups -OCH3 is 1. The van der Waals surface area contributed by atoms with Gasteiger partial charge in [-0.25, -0.2) is 0 Å². The Morgan fingerprint density at radius 2 is 2.12 bits per heavy atom. The second-order valence-electron chi connectivity index (χ2n) is 3.38. The van der Waals surface area contributed by atoms with Crippen LogP contribution in [0.15, 0.2) is 0 Å². The van der Waals surface area contributed by atoms with Crippen molar-refractivity contribution < 1.29 is 14.3 Å². The lowest BCUT2D eigenvalue weighted by Gasteiger charge is -2.14. The normalized spacial score (nSPS) is 12.0. The molecule has 0 saturated heterocycles. The first kappa shape index (κ1) is 15.2. The largest absolute Gasteiger partial charge is 0.468 e. The number of hydrogen-bond donors (Lipinski definition) is 1. The Bertz CT molecular complexity index is 236. The summed E-state index contributed by atoms with van der Waals surface area (Å²) in [5.41, 5.74) is 5.55. The lowest BCUT2D eigenvalue weighted by molar-refractivity contribution is -0.142. The number of nitrogens with zero attached hydrogens (tertiary/aromatic N) is 1. The average molecular weight is 248 g/mol. The van der Waals surface area contributed by atoms with Crippen molar-refractivity contribution in [1.29, 1.82) is 0 Å². The van der Waals surface area contributed by atoms with Crippen molar-refractivity contribution in [2.75, 3.05) is 32.2 Å². The molecule has 0 aromatic rings. The van der Waals surface area contributed by atoms with Gasteiger partial charge in [0.05, 0.1) is 12.9 Å². The molecule has 0 radical (unpaired) electrons. The number of nitrogens with two attached hydrogens (primary N) is 1. The number of hydrogen-bond acceptors (Lipinski definition) is 5. The summed E-state index contributed by atoms with van der Waals surface area (Å²) in [6, 6.07) is -0.587. The summed E-state index contributed by atoms with van der Waals surface area (Å²) < 4.78 is 4.50. The van der Waals surface area contributed by atoms with E-state index >= 15 is 0 Å². The Hall–Kier alpha value is -0.750. The monoisotopic (exact) mass is 248 g/mol. The Morgan fingerprint density at radius 1 is 1.50 bits per heavy atom. The summed E-state index contributed by atoms with van der Waals surface area (Å²) in [7, 11) is 3.08. The van der Waals surface area contributed by atoms with E-state index in [0.29, 0.717) is 24.5 Å². The number of amides is 1. The topological polar surface area (TPSA) is 72.6 Å². The highest BCUT2D eigenvalue weighted by Gasteiger charge is 2.13. The van der Waals surface area contributed by atoms with Gasteiger partial charge in [0.15, 0.2) is 0 Å². The third kappa shape index (κ3) is 5.97. The molecule has 0 spiro atoms. The van der Waals surface area contributed by atoms with Gasteiger partial charge in [-0.05, 0) is 19.1 Å². The first-order chi connectivity index (χ1) is 7.52. The van der Waals surface area contributed by atoms with Crippen LogP contribution in [0.1, 0.15) is 13.3 Å². The molecular weight excluding hydrogens is 228 g/mol. The lowest BCUT2D eigenvalue weighted by atomic mass is 10.2. The molecule has 0 aliphatic heterocycles. The molecule has 5 nitrogen and oxygen atoms in total. The van der Waals surface area contributed by atoms with E-state index in [-0.39, 0.29) is 5.91 Å². The maximum absolute atomic E-state index is 11.4. The second kappa shape index (κ2) is 8.41. The molecule has 0 rings (SSSR count). The summed E-state index contributed by atoms with van der Waals surface area (Å²) in [4.78, 5) is 24.0. The molecule has 0 heterocycles. The van der Waals surface area contributed by atoms with Gasteiger partial charge in [-0.2, -0.15) is 11.8 Å².